The van der Waals surface area contributed by atoms with Crippen molar-refractivity contribution in [3.05, 3.63) is 34.0 Å². The van der Waals surface area contributed by atoms with Gasteiger partial charge in [0.05, 0.1) is 0 Å². The Morgan fingerprint density at radius 3 is 2.50 bits per heavy atom. The number of nitrogens with one attached hydrogen (secondary N) is 2. The van der Waals surface area contributed by atoms with Crippen LogP contribution in [-0.2, 0) is 20.0 Å². The normalized spacial score (nSPS) is 11.8. The second kappa shape index (κ2) is 13.3. The molecule has 2 aromatic heterocycles. The number of hydrogen-bond acceptors (Lipinski definition) is 4. The lowest BCUT2D eigenvalue weighted by molar-refractivity contribution is 0.583. The fourth-order valence-electron chi connectivity index (χ4n) is 2.96. The summed E-state index contributed by atoms with van der Waals surface area (Å²) in [7, 11) is 1.98. The second-order valence-electron chi connectivity index (χ2n) is 7.19. The van der Waals surface area contributed by atoms with E-state index < -0.39 is 0 Å². The van der Waals surface area contributed by atoms with Crippen molar-refractivity contribution in [2.24, 2.45) is 12.0 Å². The third-order valence-corrected chi connectivity index (χ3v) is 5.81. The van der Waals surface area contributed by atoms with E-state index in [2.05, 4.69) is 45.3 Å². The highest BCUT2D eigenvalue weighted by molar-refractivity contribution is 7.09. The van der Waals surface area contributed by atoms with Crippen LogP contribution >= 0.6 is 11.3 Å². The van der Waals surface area contributed by atoms with Gasteiger partial charge >= 0.3 is 0 Å². The Balaban J connectivity index is 1.76. The number of hydrogen-bond donors (Lipinski definition) is 2. The molecule has 0 radical (unpaired) electrons. The fraction of sp³-hybridized carbons (Fsp3) is 0.667. The van der Waals surface area contributed by atoms with Crippen LogP contribution < -0.4 is 10.6 Å². The van der Waals surface area contributed by atoms with E-state index in [9.17, 15) is 0 Å². The third-order valence-electron chi connectivity index (χ3n) is 4.88. The summed E-state index contributed by atoms with van der Waals surface area (Å²) in [5, 5.41) is 17.4. The first kappa shape index (κ1) is 22.4. The number of aryl methyl sites for hydroxylation is 1. The van der Waals surface area contributed by atoms with Crippen molar-refractivity contribution in [1.29, 1.82) is 0 Å². The van der Waals surface area contributed by atoms with Crippen LogP contribution in [-0.4, -0.2) is 33.8 Å². The fourth-order valence-corrected chi connectivity index (χ4v) is 3.67. The van der Waals surface area contributed by atoms with Gasteiger partial charge in [0, 0.05) is 25.0 Å². The highest BCUT2D eigenvalue weighted by atomic mass is 32.1. The molecule has 0 bridgehead atoms. The van der Waals surface area contributed by atoms with Crippen molar-refractivity contribution in [2.45, 2.75) is 71.8 Å². The summed E-state index contributed by atoms with van der Waals surface area (Å²) in [6.45, 7) is 6.58. The predicted octanol–water partition coefficient (Wildman–Crippen LogP) is 4.21. The van der Waals surface area contributed by atoms with Crippen LogP contribution in [0.3, 0.4) is 0 Å². The van der Waals surface area contributed by atoms with Crippen molar-refractivity contribution in [3.8, 4) is 0 Å². The molecular weight excluding hydrogens is 368 g/mol. The van der Waals surface area contributed by atoms with E-state index in [0.29, 0.717) is 6.54 Å². The molecule has 0 saturated heterocycles. The molecule has 2 aromatic rings. The molecular formula is C21H36N6S. The van der Waals surface area contributed by atoms with Gasteiger partial charge in [0.15, 0.2) is 11.8 Å². The van der Waals surface area contributed by atoms with Crippen molar-refractivity contribution in [2.75, 3.05) is 13.1 Å². The number of rotatable bonds is 13. The minimum Gasteiger partial charge on any atom is -0.356 e. The van der Waals surface area contributed by atoms with Crippen LogP contribution in [0.5, 0.6) is 0 Å². The zero-order valence-corrected chi connectivity index (χ0v) is 18.5. The van der Waals surface area contributed by atoms with Crippen molar-refractivity contribution >= 4 is 17.3 Å². The molecule has 0 fully saturated rings. The summed E-state index contributed by atoms with van der Waals surface area (Å²) in [4.78, 5) is 6.11. The topological polar surface area (TPSA) is 67.1 Å². The van der Waals surface area contributed by atoms with Gasteiger partial charge in [-0.05, 0) is 31.2 Å². The van der Waals surface area contributed by atoms with Gasteiger partial charge in [0.2, 0.25) is 0 Å². The Hall–Kier alpha value is -1.89. The lowest BCUT2D eigenvalue weighted by Crippen LogP contribution is -2.39. The minimum absolute atomic E-state index is 0.530. The summed E-state index contributed by atoms with van der Waals surface area (Å²) >= 11 is 1.80. The maximum atomic E-state index is 4.72. The first-order chi connectivity index (χ1) is 13.7. The van der Waals surface area contributed by atoms with Crippen molar-refractivity contribution in [3.63, 3.8) is 0 Å². The van der Waals surface area contributed by atoms with Gasteiger partial charge in [-0.25, -0.2) is 4.99 Å². The maximum Gasteiger partial charge on any atom is 0.191 e. The number of thiophene rings is 1. The Morgan fingerprint density at radius 1 is 1.07 bits per heavy atom. The first-order valence-corrected chi connectivity index (χ1v) is 11.5. The standard InChI is InChI=1S/C21H36N6S/c1-4-5-6-7-8-9-10-14-22-21(23-15-13-19-12-11-16-28-19)24-17-20-26-25-18(2)27(20)3/h11-12,16H,4-10,13-15,17H2,1-3H3,(H2,22,23,24). The van der Waals surface area contributed by atoms with Crippen molar-refractivity contribution in [1.82, 2.24) is 25.4 Å². The van der Waals surface area contributed by atoms with Gasteiger partial charge in [-0.15, -0.1) is 21.5 Å². The lowest BCUT2D eigenvalue weighted by Gasteiger charge is -2.12. The molecule has 0 aliphatic rings. The van der Waals surface area contributed by atoms with Gasteiger partial charge in [0.25, 0.3) is 0 Å². The number of unbranched alkanes of at least 4 members (excludes halogenated alkanes) is 6. The minimum atomic E-state index is 0.530. The molecule has 2 rings (SSSR count). The number of guanidine groups is 1. The molecule has 2 N–H and O–H groups in total. The molecule has 0 spiro atoms. The van der Waals surface area contributed by atoms with E-state index >= 15 is 0 Å². The Bertz CT molecular complexity index is 677. The van der Waals surface area contributed by atoms with E-state index in [1.807, 2.05) is 18.5 Å². The lowest BCUT2D eigenvalue weighted by atomic mass is 10.1. The summed E-state index contributed by atoms with van der Waals surface area (Å²) < 4.78 is 1.99. The molecule has 0 amide bonds. The van der Waals surface area contributed by atoms with Crippen LogP contribution in [0.4, 0.5) is 0 Å². The quantitative estimate of drug-likeness (QED) is 0.298. The predicted molar refractivity (Wildman–Crippen MR) is 119 cm³/mol. The summed E-state index contributed by atoms with van der Waals surface area (Å²) in [6.07, 6.45) is 10.2. The van der Waals surface area contributed by atoms with Gasteiger partial charge in [-0.3, -0.25) is 0 Å². The SMILES string of the molecule is CCCCCCCCCNC(=NCc1nnc(C)n1C)NCCc1cccs1. The molecule has 0 atom stereocenters. The Kier molecular flexibility index (Phi) is 10.7. The summed E-state index contributed by atoms with van der Waals surface area (Å²) in [5.74, 6) is 2.66. The zero-order chi connectivity index (χ0) is 20.0. The van der Waals surface area contributed by atoms with E-state index in [4.69, 9.17) is 4.99 Å². The average Bonchev–Trinajstić information content (AvgIpc) is 3.32. The van der Waals surface area contributed by atoms with Crippen LogP contribution in [0.2, 0.25) is 0 Å². The Morgan fingerprint density at radius 2 is 1.82 bits per heavy atom. The Labute approximate surface area is 173 Å². The highest BCUT2D eigenvalue weighted by Crippen LogP contribution is 2.08. The smallest absolute Gasteiger partial charge is 0.191 e. The molecule has 0 aliphatic carbocycles. The van der Waals surface area contributed by atoms with Gasteiger partial charge in [-0.1, -0.05) is 51.5 Å². The monoisotopic (exact) mass is 404 g/mol. The van der Waals surface area contributed by atoms with Gasteiger partial charge < -0.3 is 15.2 Å². The maximum absolute atomic E-state index is 4.72. The number of nitrogens with zero attached hydrogens (tertiary/aromatic N) is 4. The molecule has 0 saturated carbocycles. The molecule has 0 aromatic carbocycles. The van der Waals surface area contributed by atoms with Crippen LogP contribution in [0.25, 0.3) is 0 Å². The molecule has 156 valence electrons. The molecule has 7 heteroatoms. The van der Waals surface area contributed by atoms with Crippen LogP contribution in [0, 0.1) is 6.92 Å². The highest BCUT2D eigenvalue weighted by Gasteiger charge is 2.05. The molecule has 0 unspecified atom stereocenters. The van der Waals surface area contributed by atoms with Crippen LogP contribution in [0.15, 0.2) is 22.5 Å². The van der Waals surface area contributed by atoms with Gasteiger partial charge in [0.1, 0.15) is 12.4 Å². The largest absolute Gasteiger partial charge is 0.356 e. The third kappa shape index (κ3) is 8.42. The molecule has 0 aliphatic heterocycles. The van der Waals surface area contributed by atoms with E-state index in [0.717, 1.165) is 37.1 Å². The number of aliphatic imine (C=N–C) groups is 1. The van der Waals surface area contributed by atoms with Gasteiger partial charge in [-0.2, -0.15) is 0 Å². The van der Waals surface area contributed by atoms with Crippen LogP contribution in [0.1, 0.15) is 68.4 Å². The molecule has 6 nitrogen and oxygen atoms in total. The van der Waals surface area contributed by atoms with E-state index in [1.165, 1.54) is 49.8 Å². The second-order valence-corrected chi connectivity index (χ2v) is 8.22. The molecule has 2 heterocycles. The van der Waals surface area contributed by atoms with E-state index in [1.54, 1.807) is 11.3 Å². The summed E-state index contributed by atoms with van der Waals surface area (Å²) in [6, 6.07) is 4.28. The number of aromatic nitrogens is 3. The van der Waals surface area contributed by atoms with E-state index in [-0.39, 0.29) is 0 Å². The summed E-state index contributed by atoms with van der Waals surface area (Å²) in [5.41, 5.74) is 0. The molecule has 28 heavy (non-hydrogen) atoms. The first-order valence-electron chi connectivity index (χ1n) is 10.6. The van der Waals surface area contributed by atoms with Crippen molar-refractivity contribution < 1.29 is 0 Å². The average molecular weight is 405 g/mol. The zero-order valence-electron chi connectivity index (χ0n) is 17.7.